The fourth-order valence-electron chi connectivity index (χ4n) is 1.90. The van der Waals surface area contributed by atoms with Gasteiger partial charge in [-0.1, -0.05) is 0 Å². The van der Waals surface area contributed by atoms with Gasteiger partial charge in [-0.15, -0.1) is 6.42 Å². The molecule has 0 atom stereocenters. The van der Waals surface area contributed by atoms with E-state index < -0.39 is 5.97 Å². The number of anilines is 2. The molecule has 4 N–H and O–H groups in total. The number of hydrogen-bond acceptors (Lipinski definition) is 5. The zero-order chi connectivity index (χ0) is 21.6. The van der Waals surface area contributed by atoms with Crippen LogP contribution in [0.4, 0.5) is 11.4 Å². The summed E-state index contributed by atoms with van der Waals surface area (Å²) in [6.45, 7) is 0. The molecule has 0 saturated heterocycles. The summed E-state index contributed by atoms with van der Waals surface area (Å²) >= 11 is 0. The number of terminal acetylenes is 1. The van der Waals surface area contributed by atoms with Gasteiger partial charge in [0, 0.05) is 41.0 Å². The Morgan fingerprint density at radius 3 is 1.80 bits per heavy atom. The van der Waals surface area contributed by atoms with Crippen LogP contribution in [0.2, 0.25) is 0 Å². The molecule has 2 aromatic carbocycles. The molecular formula is C25H12N2O3. The van der Waals surface area contributed by atoms with E-state index >= 15 is 0 Å². The van der Waals surface area contributed by atoms with Gasteiger partial charge in [-0.3, -0.25) is 0 Å². The van der Waals surface area contributed by atoms with Crippen molar-refractivity contribution in [3.05, 3.63) is 48.0 Å². The van der Waals surface area contributed by atoms with Crippen molar-refractivity contribution >= 4 is 17.3 Å². The smallest absolute Gasteiger partial charge is 0.343 e. The minimum absolute atomic E-state index is 0.256. The van der Waals surface area contributed by atoms with Crippen LogP contribution in [0.5, 0.6) is 11.5 Å². The van der Waals surface area contributed by atoms with Crippen LogP contribution in [0.25, 0.3) is 0 Å². The normalized spacial score (nSPS) is 7.70. The highest BCUT2D eigenvalue weighted by molar-refractivity contribution is 5.93. The van der Waals surface area contributed by atoms with E-state index in [1.54, 1.807) is 30.3 Å². The van der Waals surface area contributed by atoms with Crippen LogP contribution in [0.15, 0.2) is 42.5 Å². The molecular weight excluding hydrogens is 376 g/mol. The summed E-state index contributed by atoms with van der Waals surface area (Å²) in [5, 5.41) is 0. The lowest BCUT2D eigenvalue weighted by Gasteiger charge is -2.06. The van der Waals surface area contributed by atoms with E-state index in [0.717, 1.165) is 0 Å². The monoisotopic (exact) mass is 388 g/mol. The zero-order valence-corrected chi connectivity index (χ0v) is 15.5. The molecule has 0 heterocycles. The second-order valence-corrected chi connectivity index (χ2v) is 5.22. The fraction of sp³-hybridized carbons (Fsp3) is 0. The second-order valence-electron chi connectivity index (χ2n) is 5.22. The van der Waals surface area contributed by atoms with Crippen LogP contribution in [0.1, 0.15) is 10.4 Å². The predicted octanol–water partition coefficient (Wildman–Crippen LogP) is 2.06. The molecule has 0 fully saturated rings. The van der Waals surface area contributed by atoms with Crippen LogP contribution in [0.3, 0.4) is 0 Å². The van der Waals surface area contributed by atoms with Crippen molar-refractivity contribution in [3.63, 3.8) is 0 Å². The Kier molecular flexibility index (Phi) is 7.97. The maximum absolute atomic E-state index is 12.2. The van der Waals surface area contributed by atoms with Crippen molar-refractivity contribution in [3.8, 4) is 83.2 Å². The number of ether oxygens (including phenoxy) is 2. The Morgan fingerprint density at radius 1 is 0.733 bits per heavy atom. The van der Waals surface area contributed by atoms with Crippen molar-refractivity contribution in [1.82, 2.24) is 0 Å². The van der Waals surface area contributed by atoms with E-state index in [9.17, 15) is 4.79 Å². The number of nitrogen functional groups attached to an aromatic ring is 2. The van der Waals surface area contributed by atoms with Crippen molar-refractivity contribution in [2.75, 3.05) is 11.5 Å². The minimum Gasteiger partial charge on any atom is -0.423 e. The molecule has 2 rings (SSSR count). The van der Waals surface area contributed by atoms with E-state index in [0.29, 0.717) is 22.9 Å². The van der Waals surface area contributed by atoms with Gasteiger partial charge >= 0.3 is 5.97 Å². The first-order valence-corrected chi connectivity index (χ1v) is 8.19. The Bertz CT molecular complexity index is 1290. The maximum atomic E-state index is 12.2. The molecule has 2 aromatic rings. The van der Waals surface area contributed by atoms with Gasteiger partial charge in [-0.25, -0.2) is 4.79 Å². The number of hydrogen-bond donors (Lipinski definition) is 2. The molecule has 0 amide bonds. The summed E-state index contributed by atoms with van der Waals surface area (Å²) < 4.78 is 10.5. The molecule has 0 aliphatic heterocycles. The predicted molar refractivity (Wildman–Crippen MR) is 115 cm³/mol. The molecule has 0 saturated carbocycles. The highest BCUT2D eigenvalue weighted by Crippen LogP contribution is 2.20. The number of carbonyl (C=O) groups is 1. The third-order valence-electron chi connectivity index (χ3n) is 3.04. The van der Waals surface area contributed by atoms with Crippen molar-refractivity contribution in [2.45, 2.75) is 0 Å². The second kappa shape index (κ2) is 11.4. The van der Waals surface area contributed by atoms with Gasteiger partial charge in [0.2, 0.25) is 0 Å². The number of rotatable bonds is 3. The average molecular weight is 388 g/mol. The summed E-state index contributed by atoms with van der Waals surface area (Å²) in [6.07, 6.45) is 7.34. The summed E-state index contributed by atoms with van der Waals surface area (Å²) in [7, 11) is 0. The highest BCUT2D eigenvalue weighted by Gasteiger charge is 2.10. The molecule has 5 nitrogen and oxygen atoms in total. The number of esters is 1. The summed E-state index contributed by atoms with van der Waals surface area (Å²) in [5.41, 5.74) is 12.4. The summed E-state index contributed by atoms with van der Waals surface area (Å²) in [6, 6.07) is 10.8. The first kappa shape index (κ1) is 21.0. The lowest BCUT2D eigenvalue weighted by molar-refractivity contribution is 0.0734. The quantitative estimate of drug-likeness (QED) is 0.364. The largest absolute Gasteiger partial charge is 0.423 e. The van der Waals surface area contributed by atoms with Crippen LogP contribution in [-0.2, 0) is 0 Å². The first-order chi connectivity index (χ1) is 14.6. The van der Waals surface area contributed by atoms with Crippen LogP contribution >= 0.6 is 0 Å². The molecule has 0 unspecified atom stereocenters. The van der Waals surface area contributed by atoms with Gasteiger partial charge in [0.1, 0.15) is 17.6 Å². The van der Waals surface area contributed by atoms with E-state index in [2.05, 4.69) is 65.3 Å². The van der Waals surface area contributed by atoms with Gasteiger partial charge in [0.05, 0.1) is 5.56 Å². The molecule has 0 bridgehead atoms. The van der Waals surface area contributed by atoms with E-state index in [1.165, 1.54) is 12.1 Å². The van der Waals surface area contributed by atoms with Crippen molar-refractivity contribution in [1.29, 1.82) is 0 Å². The standard InChI is InChI=1S/C25H12N2O3/c1-2-3-4-5-6-7-8-9-10-11-16-29-23-12-14-24(15-13-23)30-25(28)20-17-21(26)19-22(27)18-20/h1,12-15,17-19H,26-27H2. The number of carbonyl (C=O) groups excluding carboxylic acids is 1. The van der Waals surface area contributed by atoms with Gasteiger partial charge in [-0.05, 0) is 72.1 Å². The van der Waals surface area contributed by atoms with Crippen molar-refractivity contribution in [2.24, 2.45) is 0 Å². The van der Waals surface area contributed by atoms with Gasteiger partial charge in [0.15, 0.2) is 0 Å². The SMILES string of the molecule is C#CC#CC#CC#CC#CC#COc1ccc(OC(=O)c2cc(N)cc(N)c2)cc1. The molecule has 5 heteroatoms. The maximum Gasteiger partial charge on any atom is 0.343 e. The summed E-state index contributed by atoms with van der Waals surface area (Å²) in [4.78, 5) is 12.2. The molecule has 140 valence electrons. The lowest BCUT2D eigenvalue weighted by Crippen LogP contribution is -2.09. The number of nitrogens with two attached hydrogens (primary N) is 2. The van der Waals surface area contributed by atoms with Crippen LogP contribution < -0.4 is 20.9 Å². The Labute approximate surface area is 174 Å². The fourth-order valence-corrected chi connectivity index (χ4v) is 1.90. The molecule has 0 radical (unpaired) electrons. The Balaban J connectivity index is 1.89. The molecule has 0 spiro atoms. The topological polar surface area (TPSA) is 87.6 Å². The average Bonchev–Trinajstić information content (AvgIpc) is 2.72. The van der Waals surface area contributed by atoms with Crippen LogP contribution in [-0.4, -0.2) is 5.97 Å². The third-order valence-corrected chi connectivity index (χ3v) is 3.04. The molecule has 0 aliphatic carbocycles. The molecule has 30 heavy (non-hydrogen) atoms. The highest BCUT2D eigenvalue weighted by atomic mass is 16.5. The van der Waals surface area contributed by atoms with E-state index in [4.69, 9.17) is 27.4 Å². The lowest BCUT2D eigenvalue weighted by atomic mass is 10.2. The Morgan fingerprint density at radius 2 is 1.23 bits per heavy atom. The first-order valence-electron chi connectivity index (χ1n) is 8.19. The third kappa shape index (κ3) is 7.50. The molecule has 0 aromatic heterocycles. The zero-order valence-electron chi connectivity index (χ0n) is 15.5. The summed E-state index contributed by atoms with van der Waals surface area (Å²) in [5.74, 6) is 24.4. The Hall–Kier alpha value is -5.33. The van der Waals surface area contributed by atoms with Gasteiger partial charge in [0.25, 0.3) is 0 Å². The van der Waals surface area contributed by atoms with Gasteiger partial charge < -0.3 is 20.9 Å². The van der Waals surface area contributed by atoms with E-state index in [1.807, 2.05) is 0 Å². The van der Waals surface area contributed by atoms with Gasteiger partial charge in [-0.2, -0.15) is 0 Å². The number of benzene rings is 2. The minimum atomic E-state index is -0.577. The van der Waals surface area contributed by atoms with E-state index in [-0.39, 0.29) is 5.56 Å². The van der Waals surface area contributed by atoms with Crippen molar-refractivity contribution < 1.29 is 14.3 Å². The van der Waals surface area contributed by atoms with Crippen LogP contribution in [0, 0.1) is 71.7 Å². The molecule has 0 aliphatic rings.